The van der Waals surface area contributed by atoms with Crippen LogP contribution in [0.4, 0.5) is 0 Å². The molecule has 0 aromatic carbocycles. The number of aliphatic hydroxyl groups is 8. The van der Waals surface area contributed by atoms with Gasteiger partial charge in [0.15, 0.2) is 0 Å². The van der Waals surface area contributed by atoms with Crippen molar-refractivity contribution in [3.63, 3.8) is 0 Å². The van der Waals surface area contributed by atoms with Gasteiger partial charge in [-0.3, -0.25) is 0 Å². The number of unbranched alkanes of at least 4 members (excludes halogenated alkanes) is 8. The van der Waals surface area contributed by atoms with Crippen LogP contribution < -0.4 is 0 Å². The Hall–Kier alpha value is 2.50. The molecule has 0 spiro atoms. The van der Waals surface area contributed by atoms with Crippen molar-refractivity contribution in [3.05, 3.63) is 0 Å². The van der Waals surface area contributed by atoms with Gasteiger partial charge in [-0.15, -0.1) is 0 Å². The van der Waals surface area contributed by atoms with E-state index in [0.717, 1.165) is 103 Å². The average Bonchev–Trinajstić information content (AvgIpc) is 3.13. The predicted molar refractivity (Wildman–Crippen MR) is 234 cm³/mol. The van der Waals surface area contributed by atoms with Crippen molar-refractivity contribution in [2.75, 3.05) is 127 Å². The standard InChI is InChI=1S/2C18H40O4P2.2ClH.Fe/c2*19-9-1-5-13-23(14-6-2-10-20)17-18-24(15-7-3-11-21)16-8-4-12-22;;;/h2*19-22H,1-18H2;2*1H;/q;;;;+2/p+2. The molecule has 0 heterocycles. The third kappa shape index (κ3) is 48.6. The van der Waals surface area contributed by atoms with Crippen LogP contribution in [0, 0.1) is 0 Å². The monoisotopic (exact) mass is 894 g/mol. The normalized spacial score (nSPS) is 11.5. The molecule has 8 N–H and O–H groups in total. The van der Waals surface area contributed by atoms with Gasteiger partial charge in [0.05, 0.1) is 73.9 Å². The van der Waals surface area contributed by atoms with E-state index in [2.05, 4.69) is 0 Å². The summed E-state index contributed by atoms with van der Waals surface area (Å²) in [5.41, 5.74) is 0. The summed E-state index contributed by atoms with van der Waals surface area (Å²) >= 11 is 0.194. The van der Waals surface area contributed by atoms with E-state index in [1.54, 1.807) is 0 Å². The molecule has 0 saturated carbocycles. The summed E-state index contributed by atoms with van der Waals surface area (Å²) in [5.74, 6) is 0. The minimum atomic E-state index is -0.340. The molecule has 51 heavy (non-hydrogen) atoms. The Bertz CT molecular complexity index is 483. The van der Waals surface area contributed by atoms with Gasteiger partial charge in [0.1, 0.15) is 0 Å². The summed E-state index contributed by atoms with van der Waals surface area (Å²) in [4.78, 5) is 0. The SMILES string of the molecule is OCCCC[PH+](CCCCO)CC[PH+](CCCCO)CCCCO.OCCCC[PH+](CCCCO)CC[PH+](CCCCO)CCCCO.[Cl][Fe][Cl]. The Balaban J connectivity index is -0.000000838. The summed E-state index contributed by atoms with van der Waals surface area (Å²) in [7, 11) is 8.17. The van der Waals surface area contributed by atoms with E-state index >= 15 is 0 Å². The Morgan fingerprint density at radius 2 is 0.353 bits per heavy atom. The van der Waals surface area contributed by atoms with E-state index in [4.69, 9.17) is 61.0 Å². The second-order valence-electron chi connectivity index (χ2n) is 13.5. The number of halogens is 2. The van der Waals surface area contributed by atoms with E-state index in [9.17, 15) is 0 Å². The topological polar surface area (TPSA) is 162 Å². The first-order chi connectivity index (χ1) is 25.0. The van der Waals surface area contributed by atoms with Crippen molar-refractivity contribution >= 4 is 51.9 Å². The molecule has 0 unspecified atom stereocenters. The van der Waals surface area contributed by atoms with Crippen molar-refractivity contribution < 1.29 is 54.0 Å². The van der Waals surface area contributed by atoms with Crippen LogP contribution in [-0.2, 0) is 13.1 Å². The van der Waals surface area contributed by atoms with E-state index in [1.807, 2.05) is 0 Å². The van der Waals surface area contributed by atoms with Gasteiger partial charge >= 0.3 is 33.3 Å². The Morgan fingerprint density at radius 3 is 0.451 bits per heavy atom. The third-order valence-corrected chi connectivity index (χ3v) is 22.5. The van der Waals surface area contributed by atoms with E-state index < -0.39 is 0 Å². The molecule has 0 amide bonds. The van der Waals surface area contributed by atoms with Crippen LogP contribution in [0.2, 0.25) is 0 Å². The van der Waals surface area contributed by atoms with Crippen molar-refractivity contribution in [2.45, 2.75) is 103 Å². The molecule has 0 saturated heterocycles. The molecule has 0 aliphatic rings. The zero-order valence-corrected chi connectivity index (χ0v) is 38.8. The maximum absolute atomic E-state index is 8.99. The molecule has 0 fully saturated rings. The van der Waals surface area contributed by atoms with Crippen LogP contribution in [-0.4, -0.2) is 168 Å². The van der Waals surface area contributed by atoms with Crippen molar-refractivity contribution in [3.8, 4) is 0 Å². The quantitative estimate of drug-likeness (QED) is 0.0201. The second kappa shape index (κ2) is 52.5. The first-order valence-corrected chi connectivity index (χ1v) is 31.6. The minimum absolute atomic E-state index is 0.194. The van der Waals surface area contributed by atoms with Gasteiger partial charge in [-0.1, -0.05) is 0 Å². The molecule has 0 atom stereocenters. The maximum atomic E-state index is 8.99. The zero-order chi connectivity index (χ0) is 38.5. The summed E-state index contributed by atoms with van der Waals surface area (Å²) in [5, 5.41) is 72.0. The molecule has 0 aliphatic heterocycles. The number of hydrogen-bond acceptors (Lipinski definition) is 8. The predicted octanol–water partition coefficient (Wildman–Crippen LogP) is 6.39. The van der Waals surface area contributed by atoms with E-state index in [1.165, 1.54) is 73.9 Å². The van der Waals surface area contributed by atoms with Crippen LogP contribution in [0.3, 0.4) is 0 Å². The van der Waals surface area contributed by atoms with Gasteiger partial charge in [-0.05, 0) is 103 Å². The average molecular weight is 896 g/mol. The second-order valence-corrected chi connectivity index (χ2v) is 27.3. The van der Waals surface area contributed by atoms with Gasteiger partial charge in [0.2, 0.25) is 0 Å². The Labute approximate surface area is 333 Å². The third-order valence-electron chi connectivity index (χ3n) is 9.17. The summed E-state index contributed by atoms with van der Waals surface area (Å²) < 4.78 is 0. The van der Waals surface area contributed by atoms with E-state index in [0.29, 0.717) is 52.9 Å². The van der Waals surface area contributed by atoms with Gasteiger partial charge in [0, 0.05) is 84.5 Å². The number of hydrogen-bond donors (Lipinski definition) is 8. The Kier molecular flexibility index (Phi) is 59.5. The molecule has 314 valence electrons. The number of aliphatic hydroxyl groups excluding tert-OH is 8. The number of rotatable bonds is 38. The van der Waals surface area contributed by atoms with Crippen LogP contribution >= 0.6 is 51.9 Å². The molecule has 15 heteroatoms. The fourth-order valence-corrected chi connectivity index (χ4v) is 20.8. The van der Waals surface area contributed by atoms with Crippen molar-refractivity contribution in [1.82, 2.24) is 0 Å². The van der Waals surface area contributed by atoms with Gasteiger partial charge in [-0.2, -0.15) is 0 Å². The fourth-order valence-electron chi connectivity index (χ4n) is 6.10. The summed E-state index contributed by atoms with van der Waals surface area (Å²) in [6.45, 7) is 2.47. The summed E-state index contributed by atoms with van der Waals surface area (Å²) in [6, 6.07) is 0. The molecule has 8 nitrogen and oxygen atoms in total. The van der Waals surface area contributed by atoms with Gasteiger partial charge < -0.3 is 40.9 Å². The first-order valence-electron chi connectivity index (χ1n) is 20.0. The van der Waals surface area contributed by atoms with E-state index in [-0.39, 0.29) is 44.8 Å². The molecular formula is C36H84Cl2FeO8P4+4. The van der Waals surface area contributed by atoms with Gasteiger partial charge in [-0.25, -0.2) is 0 Å². The molecule has 0 bridgehead atoms. The van der Waals surface area contributed by atoms with Crippen molar-refractivity contribution in [2.24, 2.45) is 0 Å². The van der Waals surface area contributed by atoms with Gasteiger partial charge in [0.25, 0.3) is 0 Å². The fraction of sp³-hybridized carbons (Fsp3) is 1.00. The first kappa shape index (κ1) is 57.8. The molecule has 0 aromatic heterocycles. The molecule has 0 aliphatic carbocycles. The van der Waals surface area contributed by atoms with Crippen molar-refractivity contribution in [1.29, 1.82) is 0 Å². The van der Waals surface area contributed by atoms with Crippen LogP contribution in [0.5, 0.6) is 0 Å². The van der Waals surface area contributed by atoms with Crippen LogP contribution in [0.25, 0.3) is 0 Å². The molecule has 0 radical (unpaired) electrons. The molecule has 0 rings (SSSR count). The molecular weight excluding hydrogens is 811 g/mol. The zero-order valence-electron chi connectivity index (χ0n) is 32.1. The molecule has 0 aromatic rings. The Morgan fingerprint density at radius 1 is 0.235 bits per heavy atom. The van der Waals surface area contributed by atoms with Crippen LogP contribution in [0.1, 0.15) is 103 Å². The van der Waals surface area contributed by atoms with Crippen LogP contribution in [0.15, 0.2) is 0 Å². The summed E-state index contributed by atoms with van der Waals surface area (Å²) in [6.07, 6.45) is 32.6.